The standard InChI is InChI=1S/C15H9N3O/c16-9-11-5-7-12(8-6-11)15(19)18-14-4-2-1-3-13(14)10-17/h1-8H,(H,18,19). The van der Waals surface area contributed by atoms with Crippen molar-refractivity contribution in [2.45, 2.75) is 0 Å². The van der Waals surface area contributed by atoms with Gasteiger partial charge in [0, 0.05) is 5.56 Å². The molecule has 1 N–H and O–H groups in total. The van der Waals surface area contributed by atoms with E-state index in [4.69, 9.17) is 10.5 Å². The number of anilines is 1. The van der Waals surface area contributed by atoms with Crippen LogP contribution in [0.5, 0.6) is 0 Å². The molecule has 0 atom stereocenters. The van der Waals surface area contributed by atoms with Crippen LogP contribution in [0.2, 0.25) is 0 Å². The average Bonchev–Trinajstić information content (AvgIpc) is 2.48. The first-order valence-corrected chi connectivity index (χ1v) is 5.55. The zero-order valence-electron chi connectivity index (χ0n) is 9.92. The minimum absolute atomic E-state index is 0.313. The van der Waals surface area contributed by atoms with Crippen molar-refractivity contribution >= 4 is 11.6 Å². The van der Waals surface area contributed by atoms with Gasteiger partial charge in [0.25, 0.3) is 5.91 Å². The van der Waals surface area contributed by atoms with Crippen LogP contribution in [0.3, 0.4) is 0 Å². The molecule has 90 valence electrons. The summed E-state index contributed by atoms with van der Waals surface area (Å²) in [5.74, 6) is -0.313. The Labute approximate surface area is 110 Å². The maximum absolute atomic E-state index is 12.0. The van der Waals surface area contributed by atoms with E-state index in [9.17, 15) is 4.79 Å². The second kappa shape index (κ2) is 5.48. The maximum atomic E-state index is 12.0. The minimum Gasteiger partial charge on any atom is -0.321 e. The Hall–Kier alpha value is -3.11. The summed E-state index contributed by atoms with van der Waals surface area (Å²) in [7, 11) is 0. The molecule has 2 rings (SSSR count). The number of nitrogens with zero attached hydrogens (tertiary/aromatic N) is 2. The molecule has 4 heteroatoms. The van der Waals surface area contributed by atoms with Crippen molar-refractivity contribution in [2.75, 3.05) is 5.32 Å². The van der Waals surface area contributed by atoms with Gasteiger partial charge in [-0.2, -0.15) is 10.5 Å². The molecule has 0 saturated heterocycles. The quantitative estimate of drug-likeness (QED) is 0.886. The number of nitrogens with one attached hydrogen (secondary N) is 1. The predicted octanol–water partition coefficient (Wildman–Crippen LogP) is 2.68. The Balaban J connectivity index is 2.21. The van der Waals surface area contributed by atoms with Crippen molar-refractivity contribution in [3.05, 3.63) is 65.2 Å². The molecule has 0 fully saturated rings. The highest BCUT2D eigenvalue weighted by molar-refractivity contribution is 6.04. The molecule has 0 heterocycles. The predicted molar refractivity (Wildman–Crippen MR) is 70.3 cm³/mol. The fraction of sp³-hybridized carbons (Fsp3) is 0. The SMILES string of the molecule is N#Cc1ccc(C(=O)Nc2ccccc2C#N)cc1. The van der Waals surface area contributed by atoms with Gasteiger partial charge in [-0.3, -0.25) is 4.79 Å². The van der Waals surface area contributed by atoms with Crippen LogP contribution in [0, 0.1) is 22.7 Å². The van der Waals surface area contributed by atoms with E-state index in [1.807, 2.05) is 12.1 Å². The van der Waals surface area contributed by atoms with Crippen LogP contribution in [-0.2, 0) is 0 Å². The van der Waals surface area contributed by atoms with E-state index in [0.717, 1.165) is 0 Å². The van der Waals surface area contributed by atoms with Gasteiger partial charge in [0.1, 0.15) is 6.07 Å². The topological polar surface area (TPSA) is 76.7 Å². The summed E-state index contributed by atoms with van der Waals surface area (Å²) in [6.45, 7) is 0. The number of hydrogen-bond donors (Lipinski definition) is 1. The van der Waals surface area contributed by atoms with E-state index in [1.165, 1.54) is 0 Å². The lowest BCUT2D eigenvalue weighted by molar-refractivity contribution is 0.102. The highest BCUT2D eigenvalue weighted by Gasteiger charge is 2.08. The first-order valence-electron chi connectivity index (χ1n) is 5.55. The molecule has 2 aromatic rings. The van der Waals surface area contributed by atoms with Crippen molar-refractivity contribution in [1.29, 1.82) is 10.5 Å². The van der Waals surface area contributed by atoms with Crippen molar-refractivity contribution in [3.8, 4) is 12.1 Å². The number of rotatable bonds is 2. The van der Waals surface area contributed by atoms with Gasteiger partial charge in [-0.05, 0) is 36.4 Å². The first kappa shape index (κ1) is 12.3. The maximum Gasteiger partial charge on any atom is 0.255 e. The fourth-order valence-corrected chi connectivity index (χ4v) is 1.58. The highest BCUT2D eigenvalue weighted by Crippen LogP contribution is 2.15. The van der Waals surface area contributed by atoms with Crippen LogP contribution in [0.1, 0.15) is 21.5 Å². The molecule has 2 aromatic carbocycles. The zero-order valence-corrected chi connectivity index (χ0v) is 9.92. The molecule has 0 aliphatic carbocycles. The fourth-order valence-electron chi connectivity index (χ4n) is 1.58. The molecule has 0 aromatic heterocycles. The molecule has 0 aliphatic rings. The number of amides is 1. The molecule has 0 radical (unpaired) electrons. The molecule has 1 amide bonds. The van der Waals surface area contributed by atoms with Crippen molar-refractivity contribution in [1.82, 2.24) is 0 Å². The number of carbonyl (C=O) groups is 1. The lowest BCUT2D eigenvalue weighted by Crippen LogP contribution is -2.12. The van der Waals surface area contributed by atoms with Crippen LogP contribution in [0.15, 0.2) is 48.5 Å². The summed E-state index contributed by atoms with van der Waals surface area (Å²) >= 11 is 0. The van der Waals surface area contributed by atoms with Gasteiger partial charge >= 0.3 is 0 Å². The Kier molecular flexibility index (Phi) is 3.56. The van der Waals surface area contributed by atoms with E-state index < -0.39 is 0 Å². The number of para-hydroxylation sites is 1. The lowest BCUT2D eigenvalue weighted by atomic mass is 10.1. The molecule has 0 spiro atoms. The van der Waals surface area contributed by atoms with E-state index in [2.05, 4.69) is 5.32 Å². The van der Waals surface area contributed by atoms with Crippen molar-refractivity contribution in [3.63, 3.8) is 0 Å². The number of carbonyl (C=O) groups excluding carboxylic acids is 1. The van der Waals surface area contributed by atoms with Gasteiger partial charge in [0.15, 0.2) is 0 Å². The number of nitriles is 2. The molecule has 0 bridgehead atoms. The second-order valence-electron chi connectivity index (χ2n) is 3.80. The third kappa shape index (κ3) is 2.77. The molecule has 0 saturated carbocycles. The van der Waals surface area contributed by atoms with Crippen LogP contribution < -0.4 is 5.32 Å². The lowest BCUT2D eigenvalue weighted by Gasteiger charge is -2.06. The third-order valence-corrected chi connectivity index (χ3v) is 2.57. The second-order valence-corrected chi connectivity index (χ2v) is 3.80. The van der Waals surface area contributed by atoms with Crippen LogP contribution in [-0.4, -0.2) is 5.91 Å². The molecular formula is C15H9N3O. The monoisotopic (exact) mass is 247 g/mol. The van der Waals surface area contributed by atoms with E-state index in [-0.39, 0.29) is 5.91 Å². The van der Waals surface area contributed by atoms with Gasteiger partial charge < -0.3 is 5.32 Å². The minimum atomic E-state index is -0.313. The Morgan fingerprint density at radius 2 is 1.63 bits per heavy atom. The number of benzene rings is 2. The average molecular weight is 247 g/mol. The van der Waals surface area contributed by atoms with Crippen molar-refractivity contribution < 1.29 is 4.79 Å². The van der Waals surface area contributed by atoms with Gasteiger partial charge in [0.2, 0.25) is 0 Å². The van der Waals surface area contributed by atoms with Gasteiger partial charge in [-0.15, -0.1) is 0 Å². The van der Waals surface area contributed by atoms with Crippen LogP contribution in [0.4, 0.5) is 5.69 Å². The van der Waals surface area contributed by atoms with Crippen LogP contribution in [0.25, 0.3) is 0 Å². The summed E-state index contributed by atoms with van der Waals surface area (Å²) in [5.41, 5.74) is 1.81. The summed E-state index contributed by atoms with van der Waals surface area (Å²) in [5, 5.41) is 20.3. The molecule has 0 unspecified atom stereocenters. The normalized spacial score (nSPS) is 9.16. The number of hydrogen-bond acceptors (Lipinski definition) is 3. The highest BCUT2D eigenvalue weighted by atomic mass is 16.1. The molecular weight excluding hydrogens is 238 g/mol. The first-order chi connectivity index (χ1) is 9.24. The van der Waals surface area contributed by atoms with E-state index in [0.29, 0.717) is 22.4 Å². The van der Waals surface area contributed by atoms with E-state index >= 15 is 0 Å². The summed E-state index contributed by atoms with van der Waals surface area (Å²) in [4.78, 5) is 12.0. The molecule has 0 aliphatic heterocycles. The Bertz CT molecular complexity index is 691. The third-order valence-electron chi connectivity index (χ3n) is 2.57. The molecule has 4 nitrogen and oxygen atoms in total. The van der Waals surface area contributed by atoms with Gasteiger partial charge in [-0.25, -0.2) is 0 Å². The van der Waals surface area contributed by atoms with Crippen LogP contribution >= 0.6 is 0 Å². The Morgan fingerprint density at radius 1 is 0.947 bits per heavy atom. The Morgan fingerprint density at radius 3 is 2.26 bits per heavy atom. The molecule has 19 heavy (non-hydrogen) atoms. The summed E-state index contributed by atoms with van der Waals surface area (Å²) in [6.07, 6.45) is 0. The van der Waals surface area contributed by atoms with E-state index in [1.54, 1.807) is 48.5 Å². The zero-order chi connectivity index (χ0) is 13.7. The van der Waals surface area contributed by atoms with Crippen molar-refractivity contribution in [2.24, 2.45) is 0 Å². The largest absolute Gasteiger partial charge is 0.321 e. The smallest absolute Gasteiger partial charge is 0.255 e. The van der Waals surface area contributed by atoms with Gasteiger partial charge in [-0.1, -0.05) is 12.1 Å². The van der Waals surface area contributed by atoms with Gasteiger partial charge in [0.05, 0.1) is 22.9 Å². The summed E-state index contributed by atoms with van der Waals surface area (Å²) < 4.78 is 0. The summed E-state index contributed by atoms with van der Waals surface area (Å²) in [6, 6.07) is 17.1.